The molecule has 1 aliphatic heterocycles. The van der Waals surface area contributed by atoms with Gasteiger partial charge in [-0.3, -0.25) is 4.79 Å². The normalized spacial score (nSPS) is 21.6. The van der Waals surface area contributed by atoms with E-state index < -0.39 is 8.56 Å². The first-order valence-electron chi connectivity index (χ1n) is 3.93. The molecule has 1 aliphatic rings. The van der Waals surface area contributed by atoms with Crippen molar-refractivity contribution in [2.75, 3.05) is 7.11 Å². The van der Waals surface area contributed by atoms with Gasteiger partial charge in [0.1, 0.15) is 0 Å². The van der Waals surface area contributed by atoms with Gasteiger partial charge in [-0.05, 0) is 0 Å². The third kappa shape index (κ3) is 2.04. The van der Waals surface area contributed by atoms with Gasteiger partial charge in [-0.25, -0.2) is 0 Å². The lowest BCUT2D eigenvalue weighted by molar-refractivity contribution is -0.134. The zero-order valence-electron chi connectivity index (χ0n) is 7.05. The molecule has 4 heteroatoms. The van der Waals surface area contributed by atoms with Crippen LogP contribution in [0.5, 0.6) is 0 Å². The van der Waals surface area contributed by atoms with Gasteiger partial charge in [0, 0.05) is 26.1 Å². The highest BCUT2D eigenvalue weighted by Crippen LogP contribution is 2.31. The van der Waals surface area contributed by atoms with Crippen LogP contribution in [-0.2, 0) is 13.6 Å². The highest BCUT2D eigenvalue weighted by Gasteiger charge is 2.42. The van der Waals surface area contributed by atoms with Crippen LogP contribution in [0.4, 0.5) is 0 Å². The second-order valence-corrected chi connectivity index (χ2v) is 6.35. The van der Waals surface area contributed by atoms with E-state index in [4.69, 9.17) is 8.85 Å². The molecule has 1 saturated heterocycles. The Balaban J connectivity index is 2.52. The Morgan fingerprint density at radius 1 is 1.36 bits per heavy atom. The Morgan fingerprint density at radius 2 is 1.91 bits per heavy atom. The van der Waals surface area contributed by atoms with E-state index in [9.17, 15) is 4.79 Å². The maximum Gasteiger partial charge on any atom is 0.401 e. The number of hydrogen-bond acceptors (Lipinski definition) is 3. The van der Waals surface area contributed by atoms with Crippen molar-refractivity contribution in [3.8, 4) is 0 Å². The predicted molar refractivity (Wildman–Crippen MR) is 43.4 cm³/mol. The highest BCUT2D eigenvalue weighted by molar-refractivity contribution is 6.69. The van der Waals surface area contributed by atoms with Crippen molar-refractivity contribution < 1.29 is 13.6 Å². The highest BCUT2D eigenvalue weighted by atomic mass is 28.4. The van der Waals surface area contributed by atoms with E-state index in [1.165, 1.54) is 6.92 Å². The fraction of sp³-hybridized carbons (Fsp3) is 0.857. The summed E-state index contributed by atoms with van der Waals surface area (Å²) in [5.74, 6) is -0.194. The first-order chi connectivity index (χ1) is 5.18. The van der Waals surface area contributed by atoms with Crippen molar-refractivity contribution in [3.05, 3.63) is 0 Å². The molecule has 1 heterocycles. The van der Waals surface area contributed by atoms with Gasteiger partial charge in [0.05, 0.1) is 0 Å². The van der Waals surface area contributed by atoms with Gasteiger partial charge in [0.25, 0.3) is 5.97 Å². The van der Waals surface area contributed by atoms with Gasteiger partial charge in [-0.2, -0.15) is 0 Å². The minimum absolute atomic E-state index is 0.194. The molecule has 0 bridgehead atoms. The van der Waals surface area contributed by atoms with Gasteiger partial charge in [-0.1, -0.05) is 12.8 Å². The van der Waals surface area contributed by atoms with Crippen LogP contribution in [0.2, 0.25) is 12.1 Å². The first-order valence-corrected chi connectivity index (χ1v) is 6.16. The summed E-state index contributed by atoms with van der Waals surface area (Å²) in [6, 6.07) is 1.95. The lowest BCUT2D eigenvalue weighted by Crippen LogP contribution is -2.39. The van der Waals surface area contributed by atoms with E-state index >= 15 is 0 Å². The molecule has 0 saturated carbocycles. The fourth-order valence-electron chi connectivity index (χ4n) is 1.52. The van der Waals surface area contributed by atoms with E-state index in [1.54, 1.807) is 7.11 Å². The Kier molecular flexibility index (Phi) is 2.67. The maximum absolute atomic E-state index is 10.7. The van der Waals surface area contributed by atoms with Gasteiger partial charge in [0.2, 0.25) is 0 Å². The molecule has 0 N–H and O–H groups in total. The monoisotopic (exact) mass is 174 g/mol. The summed E-state index contributed by atoms with van der Waals surface area (Å²) < 4.78 is 10.5. The van der Waals surface area contributed by atoms with E-state index in [0.29, 0.717) is 0 Å². The number of carbonyl (C=O) groups excluding carboxylic acids is 1. The Morgan fingerprint density at radius 3 is 2.27 bits per heavy atom. The molecule has 0 aromatic heterocycles. The third-order valence-corrected chi connectivity index (χ3v) is 5.70. The average molecular weight is 174 g/mol. The molecule has 0 unspecified atom stereocenters. The van der Waals surface area contributed by atoms with Crippen molar-refractivity contribution in [2.45, 2.75) is 31.9 Å². The van der Waals surface area contributed by atoms with Crippen LogP contribution in [0.15, 0.2) is 0 Å². The zero-order chi connectivity index (χ0) is 8.32. The second kappa shape index (κ2) is 3.36. The summed E-state index contributed by atoms with van der Waals surface area (Å²) in [4.78, 5) is 10.7. The molecule has 11 heavy (non-hydrogen) atoms. The molecule has 0 radical (unpaired) electrons. The molecule has 64 valence electrons. The fourth-order valence-corrected chi connectivity index (χ4v) is 4.57. The van der Waals surface area contributed by atoms with E-state index in [2.05, 4.69) is 0 Å². The molecule has 0 aromatic carbocycles. The van der Waals surface area contributed by atoms with Crippen molar-refractivity contribution >= 4 is 14.5 Å². The van der Waals surface area contributed by atoms with Crippen LogP contribution in [-0.4, -0.2) is 21.6 Å². The minimum Gasteiger partial charge on any atom is -0.494 e. The average Bonchev–Trinajstić information content (AvgIpc) is 2.36. The smallest absolute Gasteiger partial charge is 0.401 e. The van der Waals surface area contributed by atoms with E-state index in [-0.39, 0.29) is 5.97 Å². The van der Waals surface area contributed by atoms with Crippen molar-refractivity contribution in [2.24, 2.45) is 0 Å². The third-order valence-electron chi connectivity index (χ3n) is 2.07. The van der Waals surface area contributed by atoms with Crippen molar-refractivity contribution in [1.29, 1.82) is 0 Å². The van der Waals surface area contributed by atoms with E-state index in [1.807, 2.05) is 0 Å². The van der Waals surface area contributed by atoms with Crippen LogP contribution in [0.3, 0.4) is 0 Å². The zero-order valence-corrected chi connectivity index (χ0v) is 8.05. The van der Waals surface area contributed by atoms with Crippen LogP contribution in [0.1, 0.15) is 19.8 Å². The Labute approximate surface area is 67.9 Å². The predicted octanol–water partition coefficient (Wildman–Crippen LogP) is 1.43. The molecule has 1 fully saturated rings. The van der Waals surface area contributed by atoms with Crippen LogP contribution in [0, 0.1) is 0 Å². The lowest BCUT2D eigenvalue weighted by atomic mass is 10.4. The van der Waals surface area contributed by atoms with Crippen LogP contribution in [0.25, 0.3) is 0 Å². The number of rotatable bonds is 2. The van der Waals surface area contributed by atoms with Crippen LogP contribution < -0.4 is 0 Å². The molecule has 3 nitrogen and oxygen atoms in total. The summed E-state index contributed by atoms with van der Waals surface area (Å²) in [5.41, 5.74) is 0. The van der Waals surface area contributed by atoms with Gasteiger partial charge in [0.15, 0.2) is 0 Å². The van der Waals surface area contributed by atoms with Crippen molar-refractivity contribution in [3.63, 3.8) is 0 Å². The molecular weight excluding hydrogens is 160 g/mol. The number of hydrogen-bond donors (Lipinski definition) is 0. The second-order valence-electron chi connectivity index (χ2n) is 2.92. The standard InChI is InChI=1S/C7H14O3Si/c1-7(8)10-11(9-2)5-3-4-6-11/h3-6H2,1-2H3. The summed E-state index contributed by atoms with van der Waals surface area (Å²) in [5, 5.41) is 0. The van der Waals surface area contributed by atoms with E-state index in [0.717, 1.165) is 24.9 Å². The number of carbonyl (C=O) groups is 1. The van der Waals surface area contributed by atoms with Crippen molar-refractivity contribution in [1.82, 2.24) is 0 Å². The molecule has 0 aliphatic carbocycles. The maximum atomic E-state index is 10.7. The molecule has 0 aromatic rings. The topological polar surface area (TPSA) is 35.5 Å². The van der Waals surface area contributed by atoms with Gasteiger partial charge in [-0.15, -0.1) is 0 Å². The molecule has 0 atom stereocenters. The van der Waals surface area contributed by atoms with Gasteiger partial charge < -0.3 is 8.85 Å². The summed E-state index contributed by atoms with van der Waals surface area (Å²) >= 11 is 0. The Bertz CT molecular complexity index is 152. The molecule has 0 amide bonds. The van der Waals surface area contributed by atoms with Gasteiger partial charge >= 0.3 is 8.56 Å². The Hall–Kier alpha value is -0.353. The summed E-state index contributed by atoms with van der Waals surface area (Å²) in [6.45, 7) is 1.45. The summed E-state index contributed by atoms with van der Waals surface area (Å²) in [7, 11) is -0.366. The molecule has 0 spiro atoms. The lowest BCUT2D eigenvalue weighted by Gasteiger charge is -2.22. The SMILES string of the molecule is CO[Si]1(OC(C)=O)CCCC1. The summed E-state index contributed by atoms with van der Waals surface area (Å²) in [6.07, 6.45) is 2.29. The minimum atomic E-state index is -2.02. The quantitative estimate of drug-likeness (QED) is 0.594. The molecular formula is C7H14O3Si. The first kappa shape index (κ1) is 8.74. The largest absolute Gasteiger partial charge is 0.494 e. The molecule has 1 rings (SSSR count). The van der Waals surface area contributed by atoms with Crippen LogP contribution >= 0.6 is 0 Å².